The monoisotopic (exact) mass is 374 g/mol. The summed E-state index contributed by atoms with van der Waals surface area (Å²) < 4.78 is 0. The van der Waals surface area contributed by atoms with E-state index in [1.54, 1.807) is 0 Å². The number of hydrogen-bond donors (Lipinski definition) is 1. The van der Waals surface area contributed by atoms with Gasteiger partial charge >= 0.3 is 0 Å². The Morgan fingerprint density at radius 2 is 1.50 bits per heavy atom. The fourth-order valence-electron chi connectivity index (χ4n) is 4.59. The van der Waals surface area contributed by atoms with Crippen LogP contribution in [0.15, 0.2) is 41.9 Å². The van der Waals surface area contributed by atoms with Gasteiger partial charge in [-0.1, -0.05) is 0 Å². The van der Waals surface area contributed by atoms with E-state index in [9.17, 15) is 0 Å². The third-order valence-electron chi connectivity index (χ3n) is 6.70. The first-order valence-corrected chi connectivity index (χ1v) is 11.0. The molecule has 28 heavy (non-hydrogen) atoms. The van der Waals surface area contributed by atoms with Gasteiger partial charge < -0.3 is 5.32 Å². The van der Waals surface area contributed by atoms with Crippen molar-refractivity contribution in [2.45, 2.75) is 70.0 Å². The summed E-state index contributed by atoms with van der Waals surface area (Å²) in [6.07, 6.45) is 20.3. The SMILES string of the molecule is C1=NC(C2CC2)CCc2ccncc21.c1cc2c(cn1)CNC(C1CC1)CC2. The highest BCUT2D eigenvalue weighted by Crippen LogP contribution is 2.37. The van der Waals surface area contributed by atoms with Crippen molar-refractivity contribution in [2.24, 2.45) is 16.8 Å². The molecule has 2 aromatic heterocycles. The Hall–Kier alpha value is -2.07. The minimum Gasteiger partial charge on any atom is -0.310 e. The number of nitrogens with one attached hydrogen (secondary N) is 1. The van der Waals surface area contributed by atoms with Crippen molar-refractivity contribution in [1.82, 2.24) is 15.3 Å². The average molecular weight is 375 g/mol. The Labute approximate surface area is 167 Å². The second-order valence-electron chi connectivity index (χ2n) is 8.80. The van der Waals surface area contributed by atoms with Crippen LogP contribution < -0.4 is 5.32 Å². The van der Waals surface area contributed by atoms with Crippen molar-refractivity contribution in [1.29, 1.82) is 0 Å². The van der Waals surface area contributed by atoms with Gasteiger partial charge in [0.15, 0.2) is 0 Å². The van der Waals surface area contributed by atoms with Gasteiger partial charge in [-0.15, -0.1) is 0 Å². The lowest BCUT2D eigenvalue weighted by atomic mass is 10.0. The Kier molecular flexibility index (Phi) is 5.22. The standard InChI is InChI=1S/C12H16N2.C12H14N2/c2*1-2-10(1)12-4-3-9-5-6-13-7-11(9)8-14-12/h5-7,10,12,14H,1-4,8H2;5-8,10,12H,1-4H2. The summed E-state index contributed by atoms with van der Waals surface area (Å²) >= 11 is 0. The Morgan fingerprint density at radius 1 is 0.750 bits per heavy atom. The van der Waals surface area contributed by atoms with E-state index in [-0.39, 0.29) is 0 Å². The van der Waals surface area contributed by atoms with Crippen LogP contribution in [0.25, 0.3) is 0 Å². The maximum atomic E-state index is 4.66. The van der Waals surface area contributed by atoms with Gasteiger partial charge in [-0.05, 0) is 92.0 Å². The number of aryl methyl sites for hydroxylation is 2. The molecule has 2 aliphatic heterocycles. The number of aliphatic imine (C=N–C) groups is 1. The highest BCUT2D eigenvalue weighted by molar-refractivity contribution is 5.81. The maximum Gasteiger partial charge on any atom is 0.0531 e. The molecule has 4 aliphatic rings. The van der Waals surface area contributed by atoms with Crippen LogP contribution >= 0.6 is 0 Å². The largest absolute Gasteiger partial charge is 0.310 e. The van der Waals surface area contributed by atoms with Crippen LogP contribution in [0.4, 0.5) is 0 Å². The Morgan fingerprint density at radius 3 is 2.32 bits per heavy atom. The van der Waals surface area contributed by atoms with Gasteiger partial charge in [0.2, 0.25) is 0 Å². The number of rotatable bonds is 2. The second kappa shape index (κ2) is 8.12. The van der Waals surface area contributed by atoms with Crippen LogP contribution in [-0.2, 0) is 19.4 Å². The molecule has 0 spiro atoms. The molecule has 0 radical (unpaired) electrons. The molecule has 6 rings (SSSR count). The lowest BCUT2D eigenvalue weighted by molar-refractivity contribution is 0.447. The van der Waals surface area contributed by atoms with Crippen LogP contribution in [0.1, 0.15) is 60.8 Å². The van der Waals surface area contributed by atoms with Crippen LogP contribution in [-0.4, -0.2) is 28.3 Å². The number of nitrogens with zero attached hydrogens (tertiary/aromatic N) is 3. The normalized spacial score (nSPS) is 26.1. The Balaban J connectivity index is 0.000000122. The first kappa shape index (κ1) is 18.0. The minimum absolute atomic E-state index is 0.586. The van der Waals surface area contributed by atoms with E-state index in [2.05, 4.69) is 32.4 Å². The molecule has 0 aromatic carbocycles. The molecule has 146 valence electrons. The van der Waals surface area contributed by atoms with Crippen LogP contribution in [0, 0.1) is 11.8 Å². The number of hydrogen-bond acceptors (Lipinski definition) is 4. The summed E-state index contributed by atoms with van der Waals surface area (Å²) in [6.45, 7) is 1.02. The number of aromatic nitrogens is 2. The van der Waals surface area contributed by atoms with Crippen molar-refractivity contribution in [2.75, 3.05) is 0 Å². The van der Waals surface area contributed by atoms with Gasteiger partial charge in [0.25, 0.3) is 0 Å². The zero-order valence-electron chi connectivity index (χ0n) is 16.6. The van der Waals surface area contributed by atoms with Crippen molar-refractivity contribution in [3.63, 3.8) is 0 Å². The van der Waals surface area contributed by atoms with Crippen molar-refractivity contribution >= 4 is 6.21 Å². The first-order valence-electron chi connectivity index (χ1n) is 11.0. The molecule has 4 heteroatoms. The molecule has 0 bridgehead atoms. The lowest BCUT2D eigenvalue weighted by Gasteiger charge is -2.13. The van der Waals surface area contributed by atoms with E-state index in [1.807, 2.05) is 31.0 Å². The van der Waals surface area contributed by atoms with Crippen LogP contribution in [0.3, 0.4) is 0 Å². The summed E-state index contributed by atoms with van der Waals surface area (Å²) in [7, 11) is 0. The molecule has 0 saturated heterocycles. The predicted molar refractivity (Wildman–Crippen MR) is 113 cm³/mol. The lowest BCUT2D eigenvalue weighted by Crippen LogP contribution is -2.29. The summed E-state index contributed by atoms with van der Waals surface area (Å²) in [4.78, 5) is 13.0. The molecule has 2 unspecified atom stereocenters. The highest BCUT2D eigenvalue weighted by atomic mass is 14.9. The number of pyridine rings is 2. The second-order valence-corrected chi connectivity index (χ2v) is 8.80. The summed E-state index contributed by atoms with van der Waals surface area (Å²) in [5.41, 5.74) is 5.52. The molecule has 0 amide bonds. The third kappa shape index (κ3) is 4.33. The van der Waals surface area contributed by atoms with Gasteiger partial charge in [0.1, 0.15) is 0 Å². The molecule has 4 nitrogen and oxygen atoms in total. The first-order chi connectivity index (χ1) is 13.9. The van der Waals surface area contributed by atoms with Crippen LogP contribution in [0.2, 0.25) is 0 Å². The maximum absolute atomic E-state index is 4.66. The molecule has 2 saturated carbocycles. The topological polar surface area (TPSA) is 50.2 Å². The van der Waals surface area contributed by atoms with Gasteiger partial charge in [0.05, 0.1) is 6.04 Å². The molecule has 2 fully saturated rings. The van der Waals surface area contributed by atoms with E-state index in [4.69, 9.17) is 0 Å². The van der Waals surface area contributed by atoms with Gasteiger partial charge in [-0.2, -0.15) is 0 Å². The predicted octanol–water partition coefficient (Wildman–Crippen LogP) is 4.12. The van der Waals surface area contributed by atoms with E-state index in [0.29, 0.717) is 6.04 Å². The summed E-state index contributed by atoms with van der Waals surface area (Å²) in [6, 6.07) is 5.65. The smallest absolute Gasteiger partial charge is 0.0531 e. The average Bonchev–Trinajstić information content (AvgIpc) is 3.61. The van der Waals surface area contributed by atoms with E-state index >= 15 is 0 Å². The molecule has 2 aliphatic carbocycles. The van der Waals surface area contributed by atoms with Gasteiger partial charge in [0, 0.05) is 49.2 Å². The molecular formula is C24H30N4. The molecule has 2 aromatic rings. The van der Waals surface area contributed by atoms with Crippen molar-refractivity contribution in [3.8, 4) is 0 Å². The molecule has 1 N–H and O–H groups in total. The zero-order valence-corrected chi connectivity index (χ0v) is 16.6. The van der Waals surface area contributed by atoms with Gasteiger partial charge in [-0.25, -0.2) is 0 Å². The van der Waals surface area contributed by atoms with Crippen LogP contribution in [0.5, 0.6) is 0 Å². The van der Waals surface area contributed by atoms with Gasteiger partial charge in [-0.3, -0.25) is 15.0 Å². The van der Waals surface area contributed by atoms with E-state index in [0.717, 1.165) is 24.4 Å². The van der Waals surface area contributed by atoms with Crippen molar-refractivity contribution in [3.05, 3.63) is 59.2 Å². The molecular weight excluding hydrogens is 344 g/mol. The zero-order chi connectivity index (χ0) is 18.8. The number of fused-ring (bicyclic) bond motifs is 2. The minimum atomic E-state index is 0.586. The highest BCUT2D eigenvalue weighted by Gasteiger charge is 2.32. The van der Waals surface area contributed by atoms with E-state index in [1.165, 1.54) is 73.6 Å². The fourth-order valence-corrected chi connectivity index (χ4v) is 4.59. The Bertz CT molecular complexity index is 811. The third-order valence-corrected chi connectivity index (χ3v) is 6.70. The fraction of sp³-hybridized carbons (Fsp3) is 0.542. The summed E-state index contributed by atoms with van der Waals surface area (Å²) in [5, 5.41) is 3.66. The summed E-state index contributed by atoms with van der Waals surface area (Å²) in [5.74, 6) is 1.85. The van der Waals surface area contributed by atoms with Crippen molar-refractivity contribution < 1.29 is 0 Å². The molecule has 2 atom stereocenters. The quantitative estimate of drug-likeness (QED) is 0.860. The molecule has 4 heterocycles. The van der Waals surface area contributed by atoms with E-state index < -0.39 is 0 Å².